The van der Waals surface area contributed by atoms with E-state index in [9.17, 15) is 9.90 Å². The molecule has 172 valence electrons. The van der Waals surface area contributed by atoms with Gasteiger partial charge in [-0.1, -0.05) is 24.3 Å². The zero-order valence-electron chi connectivity index (χ0n) is 18.3. The number of aliphatic hydroxyl groups is 1. The standard InChI is InChI=1S/C23H27N3O4S.HI/c1-4-24-23(25-13-15-9-10-17(22(28)30-3)19(11-15)29-2)26-14-18(27)21-12-16-7-5-6-8-20(16)31-21;/h5-12,18,27H,4,13-14H2,1-3H3,(H2,24,25,26);1H. The van der Waals surface area contributed by atoms with Crippen LogP contribution in [-0.2, 0) is 11.3 Å². The quantitative estimate of drug-likeness (QED) is 0.164. The van der Waals surface area contributed by atoms with Gasteiger partial charge in [0, 0.05) is 22.7 Å². The second kappa shape index (κ2) is 12.6. The molecular weight excluding hydrogens is 541 g/mol. The number of benzene rings is 2. The molecule has 0 spiro atoms. The lowest BCUT2D eigenvalue weighted by Gasteiger charge is -2.14. The van der Waals surface area contributed by atoms with Gasteiger partial charge in [-0.05, 0) is 42.1 Å². The molecule has 7 nitrogen and oxygen atoms in total. The maximum absolute atomic E-state index is 11.8. The average Bonchev–Trinajstić information content (AvgIpc) is 3.24. The van der Waals surface area contributed by atoms with E-state index in [0.717, 1.165) is 20.5 Å². The maximum Gasteiger partial charge on any atom is 0.341 e. The van der Waals surface area contributed by atoms with Gasteiger partial charge in [0.2, 0.25) is 0 Å². The van der Waals surface area contributed by atoms with E-state index in [4.69, 9.17) is 9.47 Å². The molecule has 1 aromatic heterocycles. The lowest BCUT2D eigenvalue weighted by Crippen LogP contribution is -2.39. The Hall–Kier alpha value is -2.37. The normalized spacial score (nSPS) is 12.1. The molecule has 1 heterocycles. The Morgan fingerprint density at radius 1 is 1.16 bits per heavy atom. The number of carbonyl (C=O) groups is 1. The Morgan fingerprint density at radius 3 is 2.62 bits per heavy atom. The van der Waals surface area contributed by atoms with Crippen LogP contribution in [0, 0.1) is 0 Å². The molecule has 0 aliphatic carbocycles. The molecule has 0 aliphatic heterocycles. The molecule has 3 N–H and O–H groups in total. The van der Waals surface area contributed by atoms with E-state index in [-0.39, 0.29) is 24.0 Å². The molecule has 32 heavy (non-hydrogen) atoms. The van der Waals surface area contributed by atoms with E-state index >= 15 is 0 Å². The molecule has 9 heteroatoms. The van der Waals surface area contributed by atoms with Crippen molar-refractivity contribution in [1.29, 1.82) is 0 Å². The fraction of sp³-hybridized carbons (Fsp3) is 0.304. The van der Waals surface area contributed by atoms with Crippen molar-refractivity contribution in [3.63, 3.8) is 0 Å². The Bertz CT molecular complexity index is 1040. The molecule has 1 unspecified atom stereocenters. The average molecular weight is 569 g/mol. The first kappa shape index (κ1) is 25.9. The number of esters is 1. The number of aliphatic imine (C=N–C) groups is 1. The number of fused-ring (bicyclic) bond motifs is 1. The molecule has 1 atom stereocenters. The summed E-state index contributed by atoms with van der Waals surface area (Å²) in [6.45, 7) is 3.39. The fourth-order valence-electron chi connectivity index (χ4n) is 3.09. The molecule has 0 radical (unpaired) electrons. The highest BCUT2D eigenvalue weighted by Crippen LogP contribution is 2.29. The first-order valence-corrected chi connectivity index (χ1v) is 10.8. The molecule has 0 bridgehead atoms. The van der Waals surface area contributed by atoms with Gasteiger partial charge >= 0.3 is 5.97 Å². The van der Waals surface area contributed by atoms with Crippen molar-refractivity contribution in [3.8, 4) is 5.75 Å². The van der Waals surface area contributed by atoms with Crippen LogP contribution in [0.2, 0.25) is 0 Å². The molecular formula is C23H28IN3O4S. The minimum absolute atomic E-state index is 0. The van der Waals surface area contributed by atoms with Crippen LogP contribution < -0.4 is 15.4 Å². The van der Waals surface area contributed by atoms with Gasteiger partial charge in [-0.15, -0.1) is 35.3 Å². The van der Waals surface area contributed by atoms with Gasteiger partial charge < -0.3 is 25.2 Å². The lowest BCUT2D eigenvalue weighted by molar-refractivity contribution is 0.0597. The Morgan fingerprint density at radius 2 is 1.94 bits per heavy atom. The van der Waals surface area contributed by atoms with Crippen molar-refractivity contribution < 1.29 is 19.4 Å². The smallest absolute Gasteiger partial charge is 0.341 e. The fourth-order valence-corrected chi connectivity index (χ4v) is 4.14. The van der Waals surface area contributed by atoms with Gasteiger partial charge in [0.05, 0.1) is 20.8 Å². The van der Waals surface area contributed by atoms with Gasteiger partial charge in [0.25, 0.3) is 0 Å². The summed E-state index contributed by atoms with van der Waals surface area (Å²) in [5.74, 6) is 0.591. The molecule has 0 saturated carbocycles. The number of nitrogens with zero attached hydrogens (tertiary/aromatic N) is 1. The summed E-state index contributed by atoms with van der Waals surface area (Å²) in [5, 5.41) is 18.1. The Kier molecular flexibility index (Phi) is 10.2. The third-order valence-corrected chi connectivity index (χ3v) is 5.89. The van der Waals surface area contributed by atoms with Gasteiger partial charge in [0.15, 0.2) is 5.96 Å². The topological polar surface area (TPSA) is 92.2 Å². The van der Waals surface area contributed by atoms with Crippen molar-refractivity contribution in [2.24, 2.45) is 4.99 Å². The summed E-state index contributed by atoms with van der Waals surface area (Å²) >= 11 is 1.59. The monoisotopic (exact) mass is 569 g/mol. The van der Waals surface area contributed by atoms with E-state index < -0.39 is 12.1 Å². The lowest BCUT2D eigenvalue weighted by atomic mass is 10.1. The number of aliphatic hydroxyl groups excluding tert-OH is 1. The highest BCUT2D eigenvalue weighted by atomic mass is 127. The van der Waals surface area contributed by atoms with Crippen LogP contribution in [0.4, 0.5) is 0 Å². The maximum atomic E-state index is 11.8. The summed E-state index contributed by atoms with van der Waals surface area (Å²) in [7, 11) is 2.84. The number of guanidine groups is 1. The summed E-state index contributed by atoms with van der Waals surface area (Å²) in [4.78, 5) is 17.3. The first-order chi connectivity index (χ1) is 15.0. The third-order valence-electron chi connectivity index (χ3n) is 4.67. The zero-order valence-corrected chi connectivity index (χ0v) is 21.4. The molecule has 0 fully saturated rings. The van der Waals surface area contributed by atoms with Crippen LogP contribution in [0.1, 0.15) is 33.8 Å². The minimum Gasteiger partial charge on any atom is -0.496 e. The van der Waals surface area contributed by atoms with E-state index in [2.05, 4.69) is 21.7 Å². The van der Waals surface area contributed by atoms with Gasteiger partial charge in [-0.3, -0.25) is 0 Å². The Balaban J connectivity index is 0.00000363. The van der Waals surface area contributed by atoms with Gasteiger partial charge in [-0.25, -0.2) is 9.79 Å². The molecule has 0 aliphatic rings. The number of rotatable bonds is 8. The summed E-state index contributed by atoms with van der Waals surface area (Å²) in [6, 6.07) is 15.4. The van der Waals surface area contributed by atoms with Crippen molar-refractivity contribution in [2.45, 2.75) is 19.6 Å². The van der Waals surface area contributed by atoms with Crippen LogP contribution >= 0.6 is 35.3 Å². The number of thiophene rings is 1. The van der Waals surface area contributed by atoms with Crippen molar-refractivity contribution in [3.05, 3.63) is 64.5 Å². The molecule has 0 saturated heterocycles. The van der Waals surface area contributed by atoms with Crippen molar-refractivity contribution in [2.75, 3.05) is 27.3 Å². The summed E-state index contributed by atoms with van der Waals surface area (Å²) < 4.78 is 11.2. The predicted molar refractivity (Wildman–Crippen MR) is 139 cm³/mol. The van der Waals surface area contributed by atoms with Crippen LogP contribution in [0.25, 0.3) is 10.1 Å². The summed E-state index contributed by atoms with van der Waals surface area (Å²) in [5.41, 5.74) is 1.25. The Labute approximate surface area is 208 Å². The van der Waals surface area contributed by atoms with E-state index in [1.165, 1.54) is 14.2 Å². The summed E-state index contributed by atoms with van der Waals surface area (Å²) in [6.07, 6.45) is -0.638. The minimum atomic E-state index is -0.638. The van der Waals surface area contributed by atoms with Crippen LogP contribution in [0.3, 0.4) is 0 Å². The highest BCUT2D eigenvalue weighted by Gasteiger charge is 2.14. The molecule has 3 aromatic rings. The first-order valence-electron chi connectivity index (χ1n) is 9.99. The van der Waals surface area contributed by atoms with Crippen molar-refractivity contribution in [1.82, 2.24) is 10.6 Å². The predicted octanol–water partition coefficient (Wildman–Crippen LogP) is 4.10. The number of methoxy groups -OCH3 is 2. The van der Waals surface area contributed by atoms with E-state index in [0.29, 0.717) is 36.9 Å². The third kappa shape index (κ3) is 6.57. The number of nitrogens with one attached hydrogen (secondary N) is 2. The number of hydrogen-bond acceptors (Lipinski definition) is 6. The zero-order chi connectivity index (χ0) is 22.2. The van der Waals surface area contributed by atoms with Crippen molar-refractivity contribution >= 4 is 57.3 Å². The second-order valence-corrected chi connectivity index (χ2v) is 7.92. The van der Waals surface area contributed by atoms with Crippen LogP contribution in [-0.4, -0.2) is 44.3 Å². The largest absolute Gasteiger partial charge is 0.496 e. The van der Waals surface area contributed by atoms with E-state index in [1.54, 1.807) is 23.5 Å². The molecule has 3 rings (SSSR count). The number of carbonyl (C=O) groups excluding carboxylic acids is 1. The second-order valence-electron chi connectivity index (χ2n) is 6.80. The van der Waals surface area contributed by atoms with Gasteiger partial charge in [0.1, 0.15) is 17.4 Å². The molecule has 0 amide bonds. The number of halogens is 1. The van der Waals surface area contributed by atoms with Crippen LogP contribution in [0.5, 0.6) is 5.75 Å². The van der Waals surface area contributed by atoms with Gasteiger partial charge in [-0.2, -0.15) is 0 Å². The number of ether oxygens (including phenoxy) is 2. The molecule has 2 aromatic carbocycles. The SMILES string of the molecule is CCNC(=NCc1ccc(C(=O)OC)c(OC)c1)NCC(O)c1cc2ccccc2s1.I. The highest BCUT2D eigenvalue weighted by molar-refractivity contribution is 14.0. The number of hydrogen-bond donors (Lipinski definition) is 3. The van der Waals surface area contributed by atoms with Crippen LogP contribution in [0.15, 0.2) is 53.5 Å². The van der Waals surface area contributed by atoms with E-state index in [1.807, 2.05) is 37.3 Å².